The summed E-state index contributed by atoms with van der Waals surface area (Å²) in [5.74, 6) is -0.244. The van der Waals surface area contributed by atoms with Gasteiger partial charge in [-0.25, -0.2) is 24.2 Å². The molecule has 8 nitrogen and oxygen atoms in total. The van der Waals surface area contributed by atoms with Crippen LogP contribution in [0, 0.1) is 5.82 Å². The van der Waals surface area contributed by atoms with Crippen molar-refractivity contribution in [2.75, 3.05) is 4.90 Å². The molecule has 0 saturated carbocycles. The Kier molecular flexibility index (Phi) is 4.50. The maximum atomic E-state index is 13.8. The van der Waals surface area contributed by atoms with Crippen LogP contribution in [0.1, 0.15) is 20.3 Å². The molecule has 9 heteroatoms. The van der Waals surface area contributed by atoms with Crippen molar-refractivity contribution in [2.45, 2.75) is 26.3 Å². The lowest BCUT2D eigenvalue weighted by Crippen LogP contribution is -2.38. The molecular weight excluding hydrogens is 377 g/mol. The van der Waals surface area contributed by atoms with E-state index < -0.39 is 17.5 Å². The van der Waals surface area contributed by atoms with Gasteiger partial charge in [0, 0.05) is 17.0 Å². The second kappa shape index (κ2) is 7.01. The summed E-state index contributed by atoms with van der Waals surface area (Å²) in [6, 6.07) is 8.86. The van der Waals surface area contributed by atoms with Crippen LogP contribution in [0.3, 0.4) is 0 Å². The zero-order valence-corrected chi connectivity index (χ0v) is 15.7. The zero-order valence-electron chi connectivity index (χ0n) is 15.7. The van der Waals surface area contributed by atoms with Gasteiger partial charge < -0.3 is 10.1 Å². The molecule has 0 aliphatic rings. The Bertz CT molecular complexity index is 1300. The van der Waals surface area contributed by atoms with E-state index in [2.05, 4.69) is 20.2 Å². The molecule has 3 N–H and O–H groups in total. The molecule has 0 saturated heterocycles. The van der Waals surface area contributed by atoms with E-state index in [4.69, 9.17) is 0 Å². The number of benzene rings is 2. The van der Waals surface area contributed by atoms with E-state index >= 15 is 0 Å². The average Bonchev–Trinajstić information content (AvgIpc) is 3.10. The number of amides is 1. The van der Waals surface area contributed by atoms with Crippen molar-refractivity contribution in [3.8, 4) is 11.3 Å². The van der Waals surface area contributed by atoms with Gasteiger partial charge >= 0.3 is 6.09 Å². The van der Waals surface area contributed by atoms with Gasteiger partial charge in [-0.1, -0.05) is 13.0 Å². The van der Waals surface area contributed by atoms with E-state index in [1.54, 1.807) is 25.1 Å². The summed E-state index contributed by atoms with van der Waals surface area (Å²) in [7, 11) is 0. The molecule has 0 bridgehead atoms. The molecule has 1 unspecified atom stereocenters. The highest BCUT2D eigenvalue weighted by atomic mass is 19.1. The number of fused-ring (bicyclic) bond motifs is 2. The highest BCUT2D eigenvalue weighted by molar-refractivity contribution is 5.96. The van der Waals surface area contributed by atoms with Crippen LogP contribution in [-0.2, 0) is 0 Å². The predicted molar refractivity (Wildman–Crippen MR) is 108 cm³/mol. The molecule has 2 aromatic carbocycles. The molecule has 0 aliphatic heterocycles. The van der Waals surface area contributed by atoms with Gasteiger partial charge in [-0.05, 0) is 43.7 Å². The molecule has 1 atom stereocenters. The van der Waals surface area contributed by atoms with Crippen LogP contribution in [0.25, 0.3) is 33.1 Å². The molecule has 148 valence electrons. The minimum absolute atomic E-state index is 0.226. The first-order valence-corrected chi connectivity index (χ1v) is 9.09. The first-order chi connectivity index (χ1) is 13.9. The lowest BCUT2D eigenvalue weighted by Gasteiger charge is -2.22. The average molecular weight is 395 g/mol. The Hall–Kier alpha value is -3.75. The van der Waals surface area contributed by atoms with E-state index in [0.717, 1.165) is 0 Å². The molecule has 1 amide bonds. The van der Waals surface area contributed by atoms with Gasteiger partial charge in [-0.2, -0.15) is 5.10 Å². The smallest absolute Gasteiger partial charge is 0.414 e. The number of rotatable bonds is 4. The normalized spacial score (nSPS) is 12.4. The fourth-order valence-corrected chi connectivity index (χ4v) is 3.29. The van der Waals surface area contributed by atoms with Gasteiger partial charge in [-0.15, -0.1) is 0 Å². The Morgan fingerprint density at radius 3 is 2.76 bits per heavy atom. The number of imidazole rings is 1. The molecule has 0 aliphatic carbocycles. The van der Waals surface area contributed by atoms with Crippen molar-refractivity contribution in [1.29, 1.82) is 0 Å². The summed E-state index contributed by atoms with van der Waals surface area (Å²) in [6.45, 7) is 3.70. The second-order valence-corrected chi connectivity index (χ2v) is 6.79. The fourth-order valence-electron chi connectivity index (χ4n) is 3.29. The lowest BCUT2D eigenvalue weighted by atomic mass is 10.0. The number of nitrogens with zero attached hydrogens (tertiary/aromatic N) is 3. The molecule has 4 aromatic rings. The quantitative estimate of drug-likeness (QED) is 0.485. The first kappa shape index (κ1) is 18.6. The van der Waals surface area contributed by atoms with Crippen molar-refractivity contribution in [3.63, 3.8) is 0 Å². The first-order valence-electron chi connectivity index (χ1n) is 9.09. The zero-order chi connectivity index (χ0) is 20.7. The summed E-state index contributed by atoms with van der Waals surface area (Å²) in [6.07, 6.45) is -0.463. The molecule has 2 aromatic heterocycles. The van der Waals surface area contributed by atoms with Gasteiger partial charge in [0.25, 0.3) is 5.56 Å². The third kappa shape index (κ3) is 3.20. The number of aromatic nitrogens is 4. The molecular formula is C20H18FN5O3. The third-order valence-corrected chi connectivity index (χ3v) is 4.96. The SMILES string of the molecule is CCC(C)N(C(=O)O)c1nc2ccc(-c3n[nH]c(=O)c4ccc(F)cc34)cc2[nH]1. The Morgan fingerprint density at radius 1 is 1.24 bits per heavy atom. The minimum Gasteiger partial charge on any atom is -0.465 e. The summed E-state index contributed by atoms with van der Waals surface area (Å²) < 4.78 is 13.8. The van der Waals surface area contributed by atoms with Gasteiger partial charge in [0.05, 0.1) is 22.1 Å². The number of anilines is 1. The largest absolute Gasteiger partial charge is 0.465 e. The summed E-state index contributed by atoms with van der Waals surface area (Å²) >= 11 is 0. The van der Waals surface area contributed by atoms with Crippen molar-refractivity contribution >= 4 is 33.8 Å². The number of H-pyrrole nitrogens is 2. The maximum Gasteiger partial charge on any atom is 0.414 e. The maximum absolute atomic E-state index is 13.8. The number of halogens is 1. The Balaban J connectivity index is 1.86. The molecule has 0 spiro atoms. The topological polar surface area (TPSA) is 115 Å². The number of hydrogen-bond acceptors (Lipinski definition) is 4. The van der Waals surface area contributed by atoms with Gasteiger partial charge in [0.15, 0.2) is 0 Å². The third-order valence-electron chi connectivity index (χ3n) is 4.96. The number of nitrogens with one attached hydrogen (secondary N) is 2. The van der Waals surface area contributed by atoms with Crippen molar-refractivity contribution in [3.05, 3.63) is 52.6 Å². The van der Waals surface area contributed by atoms with Crippen LogP contribution in [-0.4, -0.2) is 37.4 Å². The minimum atomic E-state index is -1.09. The van der Waals surface area contributed by atoms with E-state index in [-0.39, 0.29) is 12.0 Å². The standard InChI is InChI=1S/C20H18FN5O3/c1-3-10(2)26(20(28)29)19-22-15-7-4-11(8-16(15)23-19)17-14-9-12(21)5-6-13(14)18(27)25-24-17/h4-10H,3H2,1-2H3,(H,22,23)(H,25,27)(H,28,29). The van der Waals surface area contributed by atoms with Gasteiger partial charge in [-0.3, -0.25) is 4.79 Å². The highest BCUT2D eigenvalue weighted by Crippen LogP contribution is 2.28. The van der Waals surface area contributed by atoms with Crippen LogP contribution >= 0.6 is 0 Å². The molecule has 2 heterocycles. The van der Waals surface area contributed by atoms with E-state index in [9.17, 15) is 19.1 Å². The summed E-state index contributed by atoms with van der Waals surface area (Å²) in [5, 5.41) is 16.8. The van der Waals surface area contributed by atoms with E-state index in [1.807, 2.05) is 6.92 Å². The number of aromatic amines is 2. The number of carboxylic acid groups (broad SMARTS) is 1. The van der Waals surface area contributed by atoms with Crippen LogP contribution in [0.5, 0.6) is 0 Å². The van der Waals surface area contributed by atoms with Crippen molar-refractivity contribution < 1.29 is 14.3 Å². The summed E-state index contributed by atoms with van der Waals surface area (Å²) in [5.41, 5.74) is 1.82. The van der Waals surface area contributed by atoms with Crippen LogP contribution in [0.2, 0.25) is 0 Å². The van der Waals surface area contributed by atoms with Gasteiger partial charge in [0.1, 0.15) is 5.82 Å². The number of hydrogen-bond donors (Lipinski definition) is 3. The molecule has 0 radical (unpaired) electrons. The van der Waals surface area contributed by atoms with Gasteiger partial charge in [0.2, 0.25) is 5.95 Å². The van der Waals surface area contributed by atoms with Crippen molar-refractivity contribution in [2.24, 2.45) is 0 Å². The molecule has 0 fully saturated rings. The number of carbonyl (C=O) groups is 1. The van der Waals surface area contributed by atoms with E-state index in [0.29, 0.717) is 39.5 Å². The lowest BCUT2D eigenvalue weighted by molar-refractivity contribution is 0.199. The fraction of sp³-hybridized carbons (Fsp3) is 0.200. The predicted octanol–water partition coefficient (Wildman–Crippen LogP) is 3.89. The van der Waals surface area contributed by atoms with Crippen molar-refractivity contribution in [1.82, 2.24) is 20.2 Å². The second-order valence-electron chi connectivity index (χ2n) is 6.79. The summed E-state index contributed by atoms with van der Waals surface area (Å²) in [4.78, 5) is 32.3. The van der Waals surface area contributed by atoms with E-state index in [1.165, 1.54) is 23.1 Å². The van der Waals surface area contributed by atoms with Crippen LogP contribution in [0.4, 0.5) is 15.1 Å². The Morgan fingerprint density at radius 2 is 2.03 bits per heavy atom. The monoisotopic (exact) mass is 395 g/mol. The van der Waals surface area contributed by atoms with Crippen LogP contribution < -0.4 is 10.5 Å². The molecule has 29 heavy (non-hydrogen) atoms. The highest BCUT2D eigenvalue weighted by Gasteiger charge is 2.23. The molecule has 4 rings (SSSR count). The van der Waals surface area contributed by atoms with Crippen LogP contribution in [0.15, 0.2) is 41.2 Å². The Labute approximate surface area is 164 Å².